The number of carbonyl (C=O) groups is 1. The van der Waals surface area contributed by atoms with Crippen molar-refractivity contribution >= 4 is 45.5 Å². The maximum Gasteiger partial charge on any atom is 0.349 e. The van der Waals surface area contributed by atoms with Gasteiger partial charge in [0.05, 0.1) is 12.3 Å². The van der Waals surface area contributed by atoms with Crippen LogP contribution in [0, 0.1) is 0 Å². The number of benzene rings is 2. The van der Waals surface area contributed by atoms with E-state index in [-0.39, 0.29) is 17.3 Å². The van der Waals surface area contributed by atoms with Crippen molar-refractivity contribution in [3.63, 3.8) is 0 Å². The van der Waals surface area contributed by atoms with E-state index in [1.54, 1.807) is 15.9 Å². The summed E-state index contributed by atoms with van der Waals surface area (Å²) in [4.78, 5) is 30.9. The molecule has 31 heavy (non-hydrogen) atoms. The summed E-state index contributed by atoms with van der Waals surface area (Å²) < 4.78 is 1.80. The van der Waals surface area contributed by atoms with E-state index >= 15 is 0 Å². The lowest BCUT2D eigenvalue weighted by atomic mass is 10.1. The highest BCUT2D eigenvalue weighted by atomic mass is 32.2. The zero-order valence-electron chi connectivity index (χ0n) is 16.8. The summed E-state index contributed by atoms with van der Waals surface area (Å²) in [5, 5.41) is 7.83. The van der Waals surface area contributed by atoms with Gasteiger partial charge in [0.25, 0.3) is 0 Å². The number of amides is 1. The first-order valence-corrected chi connectivity index (χ1v) is 12.1. The van der Waals surface area contributed by atoms with Crippen molar-refractivity contribution in [2.45, 2.75) is 30.8 Å². The van der Waals surface area contributed by atoms with Crippen LogP contribution in [0.15, 0.2) is 69.8 Å². The zero-order valence-corrected chi connectivity index (χ0v) is 18.5. The number of hydrogen-bond donors (Lipinski definition) is 1. The van der Waals surface area contributed by atoms with Crippen molar-refractivity contribution in [2.24, 2.45) is 0 Å². The van der Waals surface area contributed by atoms with Gasteiger partial charge >= 0.3 is 5.69 Å². The summed E-state index contributed by atoms with van der Waals surface area (Å²) in [5.41, 5.74) is 2.77. The molecule has 0 spiro atoms. The Labute approximate surface area is 188 Å². The monoisotopic (exact) mass is 447 g/mol. The quantitative estimate of drug-likeness (QED) is 0.343. The van der Waals surface area contributed by atoms with Gasteiger partial charge in [0.2, 0.25) is 5.91 Å². The highest BCUT2D eigenvalue weighted by Crippen LogP contribution is 2.30. The van der Waals surface area contributed by atoms with Crippen LogP contribution in [-0.4, -0.2) is 21.2 Å². The van der Waals surface area contributed by atoms with Crippen molar-refractivity contribution in [3.8, 4) is 0 Å². The highest BCUT2D eigenvalue weighted by molar-refractivity contribution is 8.00. The number of thioether (sulfide) groups is 1. The lowest BCUT2D eigenvalue weighted by Gasteiger charge is -2.14. The number of thiophene rings is 1. The lowest BCUT2D eigenvalue weighted by Crippen LogP contribution is -2.27. The summed E-state index contributed by atoms with van der Waals surface area (Å²) in [6, 6.07) is 17.9. The number of aromatic nitrogens is 2. The number of rotatable bonds is 6. The van der Waals surface area contributed by atoms with Crippen LogP contribution in [0.3, 0.4) is 0 Å². The molecular formula is C24H21N3O2S2. The third kappa shape index (κ3) is 4.16. The van der Waals surface area contributed by atoms with E-state index in [4.69, 9.17) is 0 Å². The molecule has 0 saturated heterocycles. The second-order valence-electron chi connectivity index (χ2n) is 7.51. The first kappa shape index (κ1) is 20.0. The van der Waals surface area contributed by atoms with Crippen LogP contribution in [0.25, 0.3) is 10.8 Å². The van der Waals surface area contributed by atoms with Gasteiger partial charge in [0.1, 0.15) is 5.03 Å². The normalized spacial score (nSPS) is 12.8. The van der Waals surface area contributed by atoms with Crippen LogP contribution < -0.4 is 11.0 Å². The smallest absolute Gasteiger partial charge is 0.325 e. The molecule has 1 aliphatic carbocycles. The van der Waals surface area contributed by atoms with Gasteiger partial charge in [-0.05, 0) is 42.2 Å². The Balaban J connectivity index is 1.33. The van der Waals surface area contributed by atoms with E-state index in [2.05, 4.69) is 10.3 Å². The summed E-state index contributed by atoms with van der Waals surface area (Å²) in [5.74, 6) is 0.120. The largest absolute Gasteiger partial charge is 0.349 e. The average Bonchev–Trinajstić information content (AvgIpc) is 3.47. The van der Waals surface area contributed by atoms with Gasteiger partial charge < -0.3 is 5.32 Å². The Kier molecular flexibility index (Phi) is 5.61. The molecule has 1 amide bonds. The molecular weight excluding hydrogens is 426 g/mol. The number of fused-ring (bicyclic) bond motifs is 2. The molecule has 2 heterocycles. The first-order valence-electron chi connectivity index (χ1n) is 10.2. The molecule has 0 radical (unpaired) electrons. The van der Waals surface area contributed by atoms with Crippen LogP contribution in [0.2, 0.25) is 0 Å². The Morgan fingerprint density at radius 3 is 2.84 bits per heavy atom. The summed E-state index contributed by atoms with van der Waals surface area (Å²) in [6.07, 6.45) is 2.80. The fourth-order valence-electron chi connectivity index (χ4n) is 4.08. The molecule has 0 fully saturated rings. The number of nitrogens with one attached hydrogen (secondary N) is 1. The lowest BCUT2D eigenvalue weighted by molar-refractivity contribution is -0.113. The van der Waals surface area contributed by atoms with Crippen LogP contribution in [0.1, 0.15) is 22.6 Å². The zero-order chi connectivity index (χ0) is 21.2. The summed E-state index contributed by atoms with van der Waals surface area (Å²) in [7, 11) is 0. The predicted molar refractivity (Wildman–Crippen MR) is 127 cm³/mol. The molecule has 0 unspecified atom stereocenters. The Morgan fingerprint density at radius 2 is 1.97 bits per heavy atom. The van der Waals surface area contributed by atoms with Gasteiger partial charge in [-0.15, -0.1) is 11.3 Å². The molecule has 2 aromatic carbocycles. The van der Waals surface area contributed by atoms with Crippen molar-refractivity contribution in [1.29, 1.82) is 0 Å². The first-order chi connectivity index (χ1) is 15.2. The third-order valence-corrected chi connectivity index (χ3v) is 7.38. The Bertz CT molecular complexity index is 1310. The molecule has 7 heteroatoms. The van der Waals surface area contributed by atoms with Crippen LogP contribution in [0.5, 0.6) is 0 Å². The van der Waals surface area contributed by atoms with Crippen molar-refractivity contribution in [3.05, 3.63) is 86.6 Å². The second kappa shape index (κ2) is 8.69. The molecule has 4 aromatic rings. The molecule has 1 N–H and O–H groups in total. The minimum Gasteiger partial charge on any atom is -0.325 e. The van der Waals surface area contributed by atoms with E-state index in [1.165, 1.54) is 11.8 Å². The molecule has 0 atom stereocenters. The van der Waals surface area contributed by atoms with Crippen molar-refractivity contribution in [2.75, 3.05) is 11.1 Å². The average molecular weight is 448 g/mol. The van der Waals surface area contributed by atoms with Gasteiger partial charge in [-0.25, -0.2) is 4.79 Å². The van der Waals surface area contributed by atoms with Gasteiger partial charge in [0.15, 0.2) is 0 Å². The van der Waals surface area contributed by atoms with E-state index in [0.29, 0.717) is 11.6 Å². The van der Waals surface area contributed by atoms with E-state index in [9.17, 15) is 9.59 Å². The molecule has 0 saturated carbocycles. The fourth-order valence-corrected chi connectivity index (χ4v) is 5.65. The number of hydrogen-bond acceptors (Lipinski definition) is 5. The SMILES string of the molecule is O=C(CSc1nc(=O)n(Cc2cccs2)c2c1CCC2)Nc1cccc2ccccc12. The molecule has 2 aromatic heterocycles. The molecule has 156 valence electrons. The van der Waals surface area contributed by atoms with Gasteiger partial charge in [-0.1, -0.05) is 54.2 Å². The second-order valence-corrected chi connectivity index (χ2v) is 9.50. The highest BCUT2D eigenvalue weighted by Gasteiger charge is 2.22. The molecule has 0 aliphatic heterocycles. The maximum atomic E-state index is 12.8. The Hall–Kier alpha value is -2.90. The van der Waals surface area contributed by atoms with Gasteiger partial charge in [-0.3, -0.25) is 9.36 Å². The molecule has 1 aliphatic rings. The van der Waals surface area contributed by atoms with Gasteiger partial charge in [0, 0.05) is 27.2 Å². The predicted octanol–water partition coefficient (Wildman–Crippen LogP) is 4.73. The standard InChI is InChI=1S/C24H21N3O2S2/c28-22(25-20-11-3-7-16-6-1-2-9-18(16)20)15-31-23-19-10-4-12-21(19)27(24(29)26-23)14-17-8-5-13-30-17/h1-3,5-9,11,13H,4,10,12,14-15H2,(H,25,28). The minimum atomic E-state index is -0.231. The van der Waals surface area contributed by atoms with Crippen molar-refractivity contribution in [1.82, 2.24) is 9.55 Å². The summed E-state index contributed by atoms with van der Waals surface area (Å²) >= 11 is 3.00. The van der Waals surface area contributed by atoms with Crippen LogP contribution >= 0.6 is 23.1 Å². The fraction of sp³-hybridized carbons (Fsp3) is 0.208. The maximum absolute atomic E-state index is 12.8. The topological polar surface area (TPSA) is 64.0 Å². The third-order valence-electron chi connectivity index (χ3n) is 5.50. The minimum absolute atomic E-state index is 0.0994. The van der Waals surface area contributed by atoms with Gasteiger partial charge in [-0.2, -0.15) is 4.98 Å². The number of nitrogens with zero attached hydrogens (tertiary/aromatic N) is 2. The Morgan fingerprint density at radius 1 is 1.10 bits per heavy atom. The van der Waals surface area contributed by atoms with Crippen LogP contribution in [-0.2, 0) is 24.2 Å². The molecule has 5 nitrogen and oxygen atoms in total. The number of anilines is 1. The van der Waals surface area contributed by atoms with Crippen molar-refractivity contribution < 1.29 is 4.79 Å². The molecule has 5 rings (SSSR count). The summed E-state index contributed by atoms with van der Waals surface area (Å²) in [6.45, 7) is 0.568. The van der Waals surface area contributed by atoms with E-state index in [1.807, 2.05) is 60.0 Å². The van der Waals surface area contributed by atoms with E-state index in [0.717, 1.165) is 51.9 Å². The molecule has 0 bridgehead atoms. The van der Waals surface area contributed by atoms with E-state index < -0.39 is 0 Å². The van der Waals surface area contributed by atoms with Crippen LogP contribution in [0.4, 0.5) is 5.69 Å². The number of carbonyl (C=O) groups excluding carboxylic acids is 1.